The Morgan fingerprint density at radius 2 is 1.83 bits per heavy atom. The molecule has 0 fully saturated rings. The Morgan fingerprint density at radius 1 is 1.04 bits per heavy atom. The molecule has 116 valence electrons. The number of hydrogen-bond acceptors (Lipinski definition) is 2. The number of thiocarbonyl (C=S) groups is 1. The number of rotatable bonds is 4. The van der Waals surface area contributed by atoms with E-state index >= 15 is 0 Å². The molecule has 0 spiro atoms. The van der Waals surface area contributed by atoms with E-state index in [-0.39, 0.29) is 0 Å². The van der Waals surface area contributed by atoms with E-state index in [9.17, 15) is 0 Å². The van der Waals surface area contributed by atoms with E-state index in [4.69, 9.17) is 12.2 Å². The van der Waals surface area contributed by atoms with Gasteiger partial charge in [0.05, 0.1) is 6.54 Å². The van der Waals surface area contributed by atoms with Gasteiger partial charge in [-0.15, -0.1) is 0 Å². The van der Waals surface area contributed by atoms with Gasteiger partial charge in [0, 0.05) is 28.2 Å². The number of anilines is 2. The normalized spacial score (nSPS) is 10.3. The number of nitrogens with one attached hydrogen (secondary N) is 2. The predicted molar refractivity (Wildman–Crippen MR) is 102 cm³/mol. The van der Waals surface area contributed by atoms with Crippen LogP contribution in [0.1, 0.15) is 5.56 Å². The third-order valence-corrected chi connectivity index (χ3v) is 3.92. The summed E-state index contributed by atoms with van der Waals surface area (Å²) in [5.74, 6) is 0. The molecule has 0 amide bonds. The fraction of sp³-hybridized carbons (Fsp3) is 0.0588. The molecule has 0 saturated carbocycles. The molecule has 4 nitrogen and oxygen atoms in total. The van der Waals surface area contributed by atoms with Crippen molar-refractivity contribution in [3.8, 4) is 0 Å². The van der Waals surface area contributed by atoms with Crippen molar-refractivity contribution in [3.63, 3.8) is 0 Å². The summed E-state index contributed by atoms with van der Waals surface area (Å²) in [6, 6.07) is 17.9. The average molecular weight is 387 g/mol. The lowest BCUT2D eigenvalue weighted by molar-refractivity contribution is 0.687. The lowest BCUT2D eigenvalue weighted by Gasteiger charge is -2.12. The molecule has 1 aromatic heterocycles. The first-order valence-electron chi connectivity index (χ1n) is 7.09. The van der Waals surface area contributed by atoms with Crippen molar-refractivity contribution in [1.82, 2.24) is 9.78 Å². The highest BCUT2D eigenvalue weighted by atomic mass is 79.9. The molecule has 0 aliphatic carbocycles. The highest BCUT2D eigenvalue weighted by Crippen LogP contribution is 2.16. The minimum atomic E-state index is 0.559. The second-order valence-electron chi connectivity index (χ2n) is 4.99. The maximum Gasteiger partial charge on any atom is 0.175 e. The summed E-state index contributed by atoms with van der Waals surface area (Å²) in [6.07, 6.45) is 3.72. The van der Waals surface area contributed by atoms with E-state index < -0.39 is 0 Å². The zero-order valence-corrected chi connectivity index (χ0v) is 14.6. The Bertz CT molecular complexity index is 785. The van der Waals surface area contributed by atoms with Crippen molar-refractivity contribution in [3.05, 3.63) is 77.0 Å². The number of aromatic nitrogens is 2. The number of benzene rings is 2. The molecule has 0 bridgehead atoms. The van der Waals surface area contributed by atoms with Gasteiger partial charge >= 0.3 is 0 Å². The second-order valence-corrected chi connectivity index (χ2v) is 6.31. The van der Waals surface area contributed by atoms with Crippen LogP contribution in [-0.2, 0) is 6.54 Å². The molecule has 1 heterocycles. The summed E-state index contributed by atoms with van der Waals surface area (Å²) in [7, 11) is 0. The first-order chi connectivity index (χ1) is 11.2. The molecule has 0 atom stereocenters. The first-order valence-corrected chi connectivity index (χ1v) is 8.29. The molecule has 0 radical (unpaired) electrons. The van der Waals surface area contributed by atoms with Crippen molar-refractivity contribution < 1.29 is 0 Å². The molecule has 3 rings (SSSR count). The molecule has 0 aliphatic rings. The Morgan fingerprint density at radius 3 is 2.57 bits per heavy atom. The molecule has 0 aliphatic heterocycles. The maximum atomic E-state index is 5.36. The van der Waals surface area contributed by atoms with E-state index in [1.165, 1.54) is 0 Å². The standard InChI is InChI=1S/C17H15BrN4S/c18-14-5-7-15(8-6-14)20-17(23)21-16-4-1-3-13(11-16)12-22-10-2-9-19-22/h1-11H,12H2,(H2,20,21,23). The second kappa shape index (κ2) is 7.39. The van der Waals surface area contributed by atoms with E-state index in [0.717, 1.165) is 28.0 Å². The van der Waals surface area contributed by atoms with Crippen molar-refractivity contribution >= 4 is 44.6 Å². The molecular weight excluding hydrogens is 372 g/mol. The minimum absolute atomic E-state index is 0.559. The molecule has 3 aromatic rings. The quantitative estimate of drug-likeness (QED) is 0.647. The van der Waals surface area contributed by atoms with Crippen molar-refractivity contribution in [2.45, 2.75) is 6.54 Å². The zero-order valence-electron chi connectivity index (χ0n) is 12.2. The fourth-order valence-corrected chi connectivity index (χ4v) is 2.66. The van der Waals surface area contributed by atoms with Gasteiger partial charge in [0.2, 0.25) is 0 Å². The molecule has 0 unspecified atom stereocenters. The van der Waals surface area contributed by atoms with Crippen LogP contribution >= 0.6 is 28.1 Å². The molecule has 23 heavy (non-hydrogen) atoms. The largest absolute Gasteiger partial charge is 0.332 e. The molecule has 0 saturated heterocycles. The van der Waals surface area contributed by atoms with Gasteiger partial charge in [-0.2, -0.15) is 5.10 Å². The van der Waals surface area contributed by atoms with Crippen LogP contribution in [0, 0.1) is 0 Å². The Labute approximate surface area is 148 Å². The van der Waals surface area contributed by atoms with Crippen LogP contribution in [0.3, 0.4) is 0 Å². The van der Waals surface area contributed by atoms with E-state index in [2.05, 4.69) is 43.8 Å². The van der Waals surface area contributed by atoms with Gasteiger partial charge in [-0.3, -0.25) is 4.68 Å². The summed E-state index contributed by atoms with van der Waals surface area (Å²) in [5.41, 5.74) is 3.05. The third-order valence-electron chi connectivity index (χ3n) is 3.19. The van der Waals surface area contributed by atoms with Crippen LogP contribution in [0.2, 0.25) is 0 Å². The van der Waals surface area contributed by atoms with Crippen LogP contribution < -0.4 is 10.6 Å². The summed E-state index contributed by atoms with van der Waals surface area (Å²) in [4.78, 5) is 0. The minimum Gasteiger partial charge on any atom is -0.332 e. The van der Waals surface area contributed by atoms with Crippen LogP contribution in [-0.4, -0.2) is 14.9 Å². The fourth-order valence-electron chi connectivity index (χ4n) is 2.16. The van der Waals surface area contributed by atoms with Crippen molar-refractivity contribution in [2.75, 3.05) is 10.6 Å². The van der Waals surface area contributed by atoms with Crippen LogP contribution in [0.15, 0.2) is 71.5 Å². The summed E-state index contributed by atoms with van der Waals surface area (Å²) in [6.45, 7) is 0.732. The Kier molecular flexibility index (Phi) is 5.05. The molecule has 2 aromatic carbocycles. The lowest BCUT2D eigenvalue weighted by atomic mass is 10.2. The maximum absolute atomic E-state index is 5.36. The van der Waals surface area contributed by atoms with Gasteiger partial charge in [0.25, 0.3) is 0 Å². The van der Waals surface area contributed by atoms with Crippen LogP contribution in [0.5, 0.6) is 0 Å². The van der Waals surface area contributed by atoms with Crippen molar-refractivity contribution in [2.24, 2.45) is 0 Å². The summed E-state index contributed by atoms with van der Waals surface area (Å²) in [5, 5.41) is 11.1. The van der Waals surface area contributed by atoms with E-state index in [0.29, 0.717) is 5.11 Å². The lowest BCUT2D eigenvalue weighted by Crippen LogP contribution is -2.19. The van der Waals surface area contributed by atoms with Crippen LogP contribution in [0.4, 0.5) is 11.4 Å². The van der Waals surface area contributed by atoms with Gasteiger partial charge in [-0.1, -0.05) is 28.1 Å². The topological polar surface area (TPSA) is 41.9 Å². The molecule has 6 heteroatoms. The SMILES string of the molecule is S=C(Nc1ccc(Br)cc1)Nc1cccc(Cn2cccn2)c1. The zero-order chi connectivity index (χ0) is 16.1. The Balaban J connectivity index is 1.63. The average Bonchev–Trinajstić information content (AvgIpc) is 3.03. The van der Waals surface area contributed by atoms with E-state index in [1.54, 1.807) is 6.20 Å². The predicted octanol–water partition coefficient (Wildman–Crippen LogP) is 4.50. The molecule has 2 N–H and O–H groups in total. The Hall–Kier alpha value is -2.18. The first kappa shape index (κ1) is 15.7. The van der Waals surface area contributed by atoms with E-state index in [1.807, 2.05) is 53.3 Å². The summed E-state index contributed by atoms with van der Waals surface area (Å²) >= 11 is 8.77. The smallest absolute Gasteiger partial charge is 0.175 e. The number of nitrogens with zero attached hydrogens (tertiary/aromatic N) is 2. The van der Waals surface area contributed by atoms with Gasteiger partial charge in [-0.25, -0.2) is 0 Å². The highest BCUT2D eigenvalue weighted by Gasteiger charge is 2.01. The number of halogens is 1. The van der Waals surface area contributed by atoms with Crippen molar-refractivity contribution in [1.29, 1.82) is 0 Å². The molecular formula is C17H15BrN4S. The summed E-state index contributed by atoms with van der Waals surface area (Å²) < 4.78 is 2.92. The highest BCUT2D eigenvalue weighted by molar-refractivity contribution is 9.10. The third kappa shape index (κ3) is 4.64. The van der Waals surface area contributed by atoms with Gasteiger partial charge < -0.3 is 10.6 Å². The van der Waals surface area contributed by atoms with Gasteiger partial charge in [-0.05, 0) is 60.2 Å². The van der Waals surface area contributed by atoms with Gasteiger partial charge in [0.15, 0.2) is 5.11 Å². The van der Waals surface area contributed by atoms with Crippen LogP contribution in [0.25, 0.3) is 0 Å². The monoisotopic (exact) mass is 386 g/mol. The van der Waals surface area contributed by atoms with Gasteiger partial charge in [0.1, 0.15) is 0 Å². The number of hydrogen-bond donors (Lipinski definition) is 2.